The minimum absolute atomic E-state index is 0.108. The van der Waals surface area contributed by atoms with Gasteiger partial charge in [-0.2, -0.15) is 5.10 Å². The van der Waals surface area contributed by atoms with E-state index >= 15 is 0 Å². The largest absolute Gasteiger partial charge is 0.318 e. The zero-order chi connectivity index (χ0) is 21.2. The molecule has 1 N–H and O–H groups in total. The molecule has 1 aromatic carbocycles. The van der Waals surface area contributed by atoms with Crippen molar-refractivity contribution in [3.63, 3.8) is 0 Å². The van der Waals surface area contributed by atoms with E-state index in [9.17, 15) is 10.1 Å². The summed E-state index contributed by atoms with van der Waals surface area (Å²) in [7, 11) is 0. The highest BCUT2D eigenvalue weighted by atomic mass is 16.6. The average molecular weight is 391 g/mol. The van der Waals surface area contributed by atoms with Crippen molar-refractivity contribution in [1.29, 1.82) is 0 Å². The minimum Gasteiger partial charge on any atom is -0.318 e. The van der Waals surface area contributed by atoms with Gasteiger partial charge in [0.2, 0.25) is 5.82 Å². The summed E-state index contributed by atoms with van der Waals surface area (Å²) in [6, 6.07) is 13.5. The molecule has 0 saturated heterocycles. The van der Waals surface area contributed by atoms with Gasteiger partial charge in [0.05, 0.1) is 11.1 Å². The Morgan fingerprint density at radius 1 is 1.17 bits per heavy atom. The number of benzene rings is 1. The van der Waals surface area contributed by atoms with Crippen LogP contribution in [0.1, 0.15) is 43.3 Å². The van der Waals surface area contributed by atoms with Crippen molar-refractivity contribution in [2.75, 3.05) is 5.43 Å². The molecule has 0 aliphatic carbocycles. The van der Waals surface area contributed by atoms with Crippen molar-refractivity contribution in [2.24, 2.45) is 5.10 Å². The zero-order valence-corrected chi connectivity index (χ0v) is 17.3. The molecular formula is C22H25N5O2. The van der Waals surface area contributed by atoms with Crippen LogP contribution in [-0.4, -0.2) is 20.7 Å². The lowest BCUT2D eigenvalue weighted by Gasteiger charge is -2.20. The fourth-order valence-electron chi connectivity index (χ4n) is 3.22. The maximum atomic E-state index is 11.1. The predicted molar refractivity (Wildman–Crippen MR) is 116 cm³/mol. The molecule has 0 amide bonds. The maximum Gasteiger partial charge on any atom is 0.313 e. The molecule has 0 radical (unpaired) electrons. The molecular weight excluding hydrogens is 366 g/mol. The molecule has 0 aliphatic rings. The van der Waals surface area contributed by atoms with Crippen LogP contribution < -0.4 is 5.43 Å². The van der Waals surface area contributed by atoms with E-state index in [2.05, 4.69) is 65.1 Å². The van der Waals surface area contributed by atoms with E-state index in [0.717, 1.165) is 22.6 Å². The van der Waals surface area contributed by atoms with Gasteiger partial charge in [-0.1, -0.05) is 32.9 Å². The van der Waals surface area contributed by atoms with Crippen LogP contribution in [0.2, 0.25) is 0 Å². The molecule has 2 aromatic heterocycles. The van der Waals surface area contributed by atoms with Gasteiger partial charge in [-0.05, 0) is 49.1 Å². The SMILES string of the molecule is Cc1cc(/C=N\Nc2ncccc2[N+](=O)[O-])c(C)n1-c1ccc(C(C)(C)C)cc1. The van der Waals surface area contributed by atoms with E-state index in [0.29, 0.717) is 0 Å². The summed E-state index contributed by atoms with van der Waals surface area (Å²) in [5.74, 6) is 0.111. The Hall–Kier alpha value is -3.48. The van der Waals surface area contributed by atoms with Crippen molar-refractivity contribution < 1.29 is 4.92 Å². The highest BCUT2D eigenvalue weighted by Gasteiger charge is 2.15. The first-order valence-electron chi connectivity index (χ1n) is 9.37. The van der Waals surface area contributed by atoms with Crippen molar-refractivity contribution in [3.05, 3.63) is 81.3 Å². The van der Waals surface area contributed by atoms with Gasteiger partial charge in [0.25, 0.3) is 0 Å². The Kier molecular flexibility index (Phi) is 5.50. The van der Waals surface area contributed by atoms with Gasteiger partial charge in [0.1, 0.15) is 0 Å². The number of nitrogens with one attached hydrogen (secondary N) is 1. The smallest absolute Gasteiger partial charge is 0.313 e. The Morgan fingerprint density at radius 3 is 2.48 bits per heavy atom. The molecule has 2 heterocycles. The molecule has 0 fully saturated rings. The topological polar surface area (TPSA) is 85.3 Å². The van der Waals surface area contributed by atoms with Crippen molar-refractivity contribution in [3.8, 4) is 5.69 Å². The van der Waals surface area contributed by atoms with E-state index in [1.54, 1.807) is 6.21 Å². The van der Waals surface area contributed by atoms with Gasteiger partial charge < -0.3 is 4.57 Å². The maximum absolute atomic E-state index is 11.1. The van der Waals surface area contributed by atoms with E-state index in [1.807, 2.05) is 19.9 Å². The molecule has 3 aromatic rings. The standard InChI is InChI=1S/C22H25N5O2/c1-15-13-17(14-24-25-21-20(27(28)29)7-6-12-23-21)16(2)26(15)19-10-8-18(9-11-19)22(3,4)5/h6-14H,1-5H3,(H,23,25)/b24-14-. The van der Waals surface area contributed by atoms with Crippen LogP contribution >= 0.6 is 0 Å². The molecule has 3 rings (SSSR count). The second-order valence-corrected chi connectivity index (χ2v) is 7.96. The third-order valence-electron chi connectivity index (χ3n) is 4.82. The summed E-state index contributed by atoms with van der Waals surface area (Å²) in [4.78, 5) is 14.6. The number of nitro groups is 1. The number of aromatic nitrogens is 2. The Labute approximate surface area is 170 Å². The van der Waals surface area contributed by atoms with E-state index in [1.165, 1.54) is 23.9 Å². The van der Waals surface area contributed by atoms with E-state index < -0.39 is 4.92 Å². The van der Waals surface area contributed by atoms with Crippen molar-refractivity contribution >= 4 is 17.7 Å². The fraction of sp³-hybridized carbons (Fsp3) is 0.273. The highest BCUT2D eigenvalue weighted by Crippen LogP contribution is 2.26. The molecule has 0 atom stereocenters. The van der Waals surface area contributed by atoms with Gasteiger partial charge in [-0.15, -0.1) is 0 Å². The van der Waals surface area contributed by atoms with Crippen LogP contribution in [0.4, 0.5) is 11.5 Å². The first-order chi connectivity index (χ1) is 13.7. The molecule has 0 saturated carbocycles. The van der Waals surface area contributed by atoms with Crippen LogP contribution in [0, 0.1) is 24.0 Å². The van der Waals surface area contributed by atoms with Crippen LogP contribution in [0.25, 0.3) is 5.69 Å². The molecule has 0 aliphatic heterocycles. The molecule has 150 valence electrons. The summed E-state index contributed by atoms with van der Waals surface area (Å²) in [5, 5.41) is 15.2. The molecule has 0 spiro atoms. The monoisotopic (exact) mass is 391 g/mol. The predicted octanol–water partition coefficient (Wildman–Crippen LogP) is 5.14. The summed E-state index contributed by atoms with van der Waals surface area (Å²) >= 11 is 0. The molecule has 0 bridgehead atoms. The number of anilines is 1. The number of nitrogens with zero attached hydrogens (tertiary/aromatic N) is 4. The third-order valence-corrected chi connectivity index (χ3v) is 4.82. The van der Waals surface area contributed by atoms with Gasteiger partial charge in [0.15, 0.2) is 0 Å². The number of rotatable bonds is 5. The first-order valence-corrected chi connectivity index (χ1v) is 9.37. The van der Waals surface area contributed by atoms with Crippen LogP contribution in [0.15, 0.2) is 53.8 Å². The average Bonchev–Trinajstić information content (AvgIpc) is 2.95. The minimum atomic E-state index is -0.488. The number of aryl methyl sites for hydroxylation is 1. The number of hydrogen-bond donors (Lipinski definition) is 1. The Bertz CT molecular complexity index is 1060. The third kappa shape index (κ3) is 4.34. The van der Waals surface area contributed by atoms with Crippen LogP contribution in [0.3, 0.4) is 0 Å². The number of hydrogen-bond acceptors (Lipinski definition) is 5. The van der Waals surface area contributed by atoms with Crippen molar-refractivity contribution in [2.45, 2.75) is 40.0 Å². The Morgan fingerprint density at radius 2 is 1.86 bits per heavy atom. The second-order valence-electron chi connectivity index (χ2n) is 7.96. The normalized spacial score (nSPS) is 11.8. The lowest BCUT2D eigenvalue weighted by molar-refractivity contribution is -0.384. The Balaban J connectivity index is 1.85. The molecule has 0 unspecified atom stereocenters. The fourth-order valence-corrected chi connectivity index (χ4v) is 3.22. The summed E-state index contributed by atoms with van der Waals surface area (Å²) in [5.41, 5.74) is 8.07. The van der Waals surface area contributed by atoms with Crippen LogP contribution in [-0.2, 0) is 5.41 Å². The lowest BCUT2D eigenvalue weighted by Crippen LogP contribution is -2.11. The summed E-state index contributed by atoms with van der Waals surface area (Å²) in [6.07, 6.45) is 3.14. The summed E-state index contributed by atoms with van der Waals surface area (Å²) < 4.78 is 2.16. The summed E-state index contributed by atoms with van der Waals surface area (Å²) in [6.45, 7) is 10.7. The van der Waals surface area contributed by atoms with Crippen LogP contribution in [0.5, 0.6) is 0 Å². The van der Waals surface area contributed by atoms with Gasteiger partial charge >= 0.3 is 5.69 Å². The van der Waals surface area contributed by atoms with Gasteiger partial charge in [-0.3, -0.25) is 15.5 Å². The molecule has 29 heavy (non-hydrogen) atoms. The molecule has 7 nitrogen and oxygen atoms in total. The lowest BCUT2D eigenvalue weighted by atomic mass is 9.87. The van der Waals surface area contributed by atoms with E-state index in [4.69, 9.17) is 0 Å². The number of hydrazone groups is 1. The van der Waals surface area contributed by atoms with Crippen molar-refractivity contribution in [1.82, 2.24) is 9.55 Å². The van der Waals surface area contributed by atoms with Gasteiger partial charge in [0, 0.05) is 34.9 Å². The zero-order valence-electron chi connectivity index (χ0n) is 17.3. The second kappa shape index (κ2) is 7.87. The van der Waals surface area contributed by atoms with E-state index in [-0.39, 0.29) is 16.9 Å². The quantitative estimate of drug-likeness (QED) is 0.371. The first kappa shape index (κ1) is 20.3. The number of pyridine rings is 1. The molecule has 7 heteroatoms. The highest BCUT2D eigenvalue weighted by molar-refractivity contribution is 5.83. The van der Waals surface area contributed by atoms with Gasteiger partial charge in [-0.25, -0.2) is 4.98 Å².